The van der Waals surface area contributed by atoms with Crippen molar-refractivity contribution < 1.29 is 9.53 Å². The Kier molecular flexibility index (Phi) is 3.98. The van der Waals surface area contributed by atoms with Gasteiger partial charge in [0.15, 0.2) is 0 Å². The summed E-state index contributed by atoms with van der Waals surface area (Å²) in [4.78, 5) is 12.9. The monoisotopic (exact) mass is 234 g/mol. The van der Waals surface area contributed by atoms with Gasteiger partial charge in [0.2, 0.25) is 0 Å². The highest BCUT2D eigenvalue weighted by atomic mass is 16.5. The van der Waals surface area contributed by atoms with Crippen LogP contribution in [0.2, 0.25) is 0 Å². The van der Waals surface area contributed by atoms with Gasteiger partial charge in [0.05, 0.1) is 5.69 Å². The van der Waals surface area contributed by atoms with Gasteiger partial charge in [-0.2, -0.15) is 0 Å². The smallest absolute Gasteiger partial charge is 0.150 e. The topological polar surface area (TPSA) is 55.6 Å². The molecule has 0 saturated carbocycles. The summed E-state index contributed by atoms with van der Waals surface area (Å²) < 4.78 is 5.62. The molecule has 0 spiro atoms. The van der Waals surface area contributed by atoms with E-state index in [-0.39, 0.29) is 0 Å². The molecular formula is C13H18N2O2. The van der Waals surface area contributed by atoms with Crippen molar-refractivity contribution in [3.8, 4) is 5.75 Å². The Hall–Kier alpha value is -1.55. The molecule has 1 aliphatic heterocycles. The van der Waals surface area contributed by atoms with Crippen LogP contribution in [0.5, 0.6) is 5.75 Å². The highest BCUT2D eigenvalue weighted by Gasteiger charge is 2.11. The summed E-state index contributed by atoms with van der Waals surface area (Å²) in [5.41, 5.74) is 6.90. The molecule has 1 aromatic rings. The summed E-state index contributed by atoms with van der Waals surface area (Å²) in [6.45, 7) is 3.92. The quantitative estimate of drug-likeness (QED) is 0.620. The number of hydrogen-bond acceptors (Lipinski definition) is 4. The number of ether oxygens (including phenoxy) is 1. The van der Waals surface area contributed by atoms with Crippen molar-refractivity contribution in [3.63, 3.8) is 0 Å². The van der Waals surface area contributed by atoms with E-state index >= 15 is 0 Å². The van der Waals surface area contributed by atoms with Gasteiger partial charge < -0.3 is 10.5 Å². The van der Waals surface area contributed by atoms with E-state index in [4.69, 9.17) is 10.5 Å². The Bertz CT molecular complexity index is 387. The number of nitrogen functional groups attached to an aromatic ring is 1. The number of rotatable bonds is 5. The van der Waals surface area contributed by atoms with Crippen LogP contribution >= 0.6 is 0 Å². The van der Waals surface area contributed by atoms with Gasteiger partial charge in [-0.3, -0.25) is 9.69 Å². The van der Waals surface area contributed by atoms with E-state index in [9.17, 15) is 4.79 Å². The number of carbonyl (C=O) groups excluding carboxylic acids is 1. The fourth-order valence-electron chi connectivity index (χ4n) is 2.06. The zero-order valence-corrected chi connectivity index (χ0v) is 9.89. The van der Waals surface area contributed by atoms with Gasteiger partial charge in [-0.15, -0.1) is 0 Å². The van der Waals surface area contributed by atoms with Gasteiger partial charge in [-0.25, -0.2) is 0 Å². The van der Waals surface area contributed by atoms with Crippen LogP contribution in [0.4, 0.5) is 5.69 Å². The molecule has 1 saturated heterocycles. The second kappa shape index (κ2) is 5.68. The molecule has 0 radical (unpaired) electrons. The van der Waals surface area contributed by atoms with Crippen molar-refractivity contribution >= 4 is 12.0 Å². The minimum atomic E-state index is 0.524. The lowest BCUT2D eigenvalue weighted by Gasteiger charge is -2.15. The molecule has 0 unspecified atom stereocenters. The maximum atomic E-state index is 10.6. The summed E-state index contributed by atoms with van der Waals surface area (Å²) in [5.74, 6) is 0.662. The third-order valence-electron chi connectivity index (χ3n) is 3.03. The van der Waals surface area contributed by atoms with Crippen molar-refractivity contribution in [2.45, 2.75) is 12.8 Å². The van der Waals surface area contributed by atoms with Gasteiger partial charge in [-0.1, -0.05) is 0 Å². The van der Waals surface area contributed by atoms with Crippen molar-refractivity contribution in [3.05, 3.63) is 23.8 Å². The highest BCUT2D eigenvalue weighted by Crippen LogP contribution is 2.21. The molecule has 0 amide bonds. The molecule has 4 heteroatoms. The van der Waals surface area contributed by atoms with Gasteiger partial charge in [0.1, 0.15) is 18.6 Å². The molecule has 1 aromatic carbocycles. The van der Waals surface area contributed by atoms with E-state index in [2.05, 4.69) is 4.90 Å². The van der Waals surface area contributed by atoms with Gasteiger partial charge in [0, 0.05) is 12.1 Å². The molecule has 0 aromatic heterocycles. The molecule has 1 heterocycles. The second-order valence-electron chi connectivity index (χ2n) is 4.31. The SMILES string of the molecule is Nc1cc(C=O)ccc1OCCN1CCCC1. The highest BCUT2D eigenvalue weighted by molar-refractivity contribution is 5.78. The fraction of sp³-hybridized carbons (Fsp3) is 0.462. The molecular weight excluding hydrogens is 216 g/mol. The van der Waals surface area contributed by atoms with E-state index in [0.717, 1.165) is 12.8 Å². The van der Waals surface area contributed by atoms with Crippen LogP contribution in [0.25, 0.3) is 0 Å². The predicted octanol–water partition coefficient (Wildman–Crippen LogP) is 1.56. The fourth-order valence-corrected chi connectivity index (χ4v) is 2.06. The summed E-state index contributed by atoms with van der Waals surface area (Å²) in [7, 11) is 0. The summed E-state index contributed by atoms with van der Waals surface area (Å²) in [6.07, 6.45) is 3.36. The number of nitrogens with two attached hydrogens (primary N) is 1. The number of aldehydes is 1. The summed E-state index contributed by atoms with van der Waals surface area (Å²) in [6, 6.07) is 5.11. The number of benzene rings is 1. The van der Waals surface area contributed by atoms with E-state index in [0.29, 0.717) is 23.6 Å². The number of hydrogen-bond donors (Lipinski definition) is 1. The largest absolute Gasteiger partial charge is 0.490 e. The van der Waals surface area contributed by atoms with Crippen molar-refractivity contribution in [2.75, 3.05) is 32.0 Å². The van der Waals surface area contributed by atoms with Gasteiger partial charge >= 0.3 is 0 Å². The number of carbonyl (C=O) groups is 1. The van der Waals surface area contributed by atoms with Crippen LogP contribution in [0.15, 0.2) is 18.2 Å². The molecule has 1 aliphatic rings. The molecule has 92 valence electrons. The Morgan fingerprint density at radius 3 is 2.76 bits per heavy atom. The third kappa shape index (κ3) is 3.20. The molecule has 0 atom stereocenters. The van der Waals surface area contributed by atoms with Crippen LogP contribution in [-0.4, -0.2) is 37.4 Å². The minimum Gasteiger partial charge on any atom is -0.490 e. The first-order chi connectivity index (χ1) is 8.29. The molecule has 17 heavy (non-hydrogen) atoms. The van der Waals surface area contributed by atoms with Crippen LogP contribution in [0.1, 0.15) is 23.2 Å². The molecule has 1 fully saturated rings. The standard InChI is InChI=1S/C13H18N2O2/c14-12-9-11(10-16)3-4-13(12)17-8-7-15-5-1-2-6-15/h3-4,9-10H,1-2,5-8,14H2. The van der Waals surface area contributed by atoms with Crippen molar-refractivity contribution in [1.29, 1.82) is 0 Å². The Balaban J connectivity index is 1.83. The van der Waals surface area contributed by atoms with Crippen LogP contribution in [0.3, 0.4) is 0 Å². The number of likely N-dealkylation sites (tertiary alicyclic amines) is 1. The van der Waals surface area contributed by atoms with E-state index in [1.54, 1.807) is 18.2 Å². The normalized spacial score (nSPS) is 16.0. The second-order valence-corrected chi connectivity index (χ2v) is 4.31. The number of anilines is 1. The average molecular weight is 234 g/mol. The molecule has 2 N–H and O–H groups in total. The van der Waals surface area contributed by atoms with Crippen LogP contribution in [-0.2, 0) is 0 Å². The van der Waals surface area contributed by atoms with Crippen LogP contribution < -0.4 is 10.5 Å². The third-order valence-corrected chi connectivity index (χ3v) is 3.03. The van der Waals surface area contributed by atoms with Crippen LogP contribution in [0, 0.1) is 0 Å². The predicted molar refractivity (Wildman–Crippen MR) is 67.4 cm³/mol. The molecule has 0 aliphatic carbocycles. The van der Waals surface area contributed by atoms with E-state index < -0.39 is 0 Å². The Labute approximate surface area is 101 Å². The number of nitrogens with zero attached hydrogens (tertiary/aromatic N) is 1. The Morgan fingerprint density at radius 2 is 2.12 bits per heavy atom. The Morgan fingerprint density at radius 1 is 1.35 bits per heavy atom. The maximum Gasteiger partial charge on any atom is 0.150 e. The molecule has 0 bridgehead atoms. The lowest BCUT2D eigenvalue weighted by molar-refractivity contribution is 0.112. The first-order valence-corrected chi connectivity index (χ1v) is 5.99. The van der Waals surface area contributed by atoms with Crippen molar-refractivity contribution in [2.24, 2.45) is 0 Å². The average Bonchev–Trinajstić information content (AvgIpc) is 2.84. The maximum absolute atomic E-state index is 10.6. The zero-order valence-electron chi connectivity index (χ0n) is 9.89. The van der Waals surface area contributed by atoms with Gasteiger partial charge in [-0.05, 0) is 44.1 Å². The van der Waals surface area contributed by atoms with Gasteiger partial charge in [0.25, 0.3) is 0 Å². The molecule has 4 nitrogen and oxygen atoms in total. The first kappa shape index (κ1) is 11.9. The first-order valence-electron chi connectivity index (χ1n) is 5.99. The minimum absolute atomic E-state index is 0.524. The summed E-state index contributed by atoms with van der Waals surface area (Å²) >= 11 is 0. The van der Waals surface area contributed by atoms with E-state index in [1.807, 2.05) is 0 Å². The van der Waals surface area contributed by atoms with Crippen molar-refractivity contribution in [1.82, 2.24) is 4.90 Å². The zero-order chi connectivity index (χ0) is 12.1. The lowest BCUT2D eigenvalue weighted by Crippen LogP contribution is -2.25. The van der Waals surface area contributed by atoms with E-state index in [1.165, 1.54) is 25.9 Å². The lowest BCUT2D eigenvalue weighted by atomic mass is 10.2. The summed E-state index contributed by atoms with van der Waals surface area (Å²) in [5, 5.41) is 0. The molecule has 2 rings (SSSR count).